The number of ether oxygens (including phenoxy) is 1. The Bertz CT molecular complexity index is 392. The SMILES string of the molecule is COCCN(C(C)C)C1CC(N)c2ccccc21. The number of methoxy groups -OCH3 is 1. The second-order valence-electron chi connectivity index (χ2n) is 5.31. The van der Waals surface area contributed by atoms with Crippen molar-refractivity contribution in [3.05, 3.63) is 35.4 Å². The van der Waals surface area contributed by atoms with Gasteiger partial charge < -0.3 is 10.5 Å². The summed E-state index contributed by atoms with van der Waals surface area (Å²) in [5.41, 5.74) is 8.95. The molecular formula is C15H24N2O. The highest BCUT2D eigenvalue weighted by atomic mass is 16.5. The fourth-order valence-corrected chi connectivity index (χ4v) is 2.93. The monoisotopic (exact) mass is 248 g/mol. The Kier molecular flexibility index (Phi) is 4.38. The molecule has 100 valence electrons. The summed E-state index contributed by atoms with van der Waals surface area (Å²) in [6, 6.07) is 9.68. The van der Waals surface area contributed by atoms with Gasteiger partial charge in [0, 0.05) is 31.8 Å². The quantitative estimate of drug-likeness (QED) is 0.870. The number of hydrogen-bond acceptors (Lipinski definition) is 3. The van der Waals surface area contributed by atoms with E-state index in [4.69, 9.17) is 10.5 Å². The van der Waals surface area contributed by atoms with Gasteiger partial charge in [-0.3, -0.25) is 4.90 Å². The summed E-state index contributed by atoms with van der Waals surface area (Å²) in [7, 11) is 1.76. The summed E-state index contributed by atoms with van der Waals surface area (Å²) in [5.74, 6) is 0. The Morgan fingerprint density at radius 2 is 2.00 bits per heavy atom. The summed E-state index contributed by atoms with van der Waals surface area (Å²) in [6.07, 6.45) is 1.02. The van der Waals surface area contributed by atoms with Crippen LogP contribution in [0.5, 0.6) is 0 Å². The van der Waals surface area contributed by atoms with Gasteiger partial charge in [-0.05, 0) is 31.4 Å². The first-order valence-corrected chi connectivity index (χ1v) is 6.74. The minimum absolute atomic E-state index is 0.176. The van der Waals surface area contributed by atoms with Gasteiger partial charge in [0.15, 0.2) is 0 Å². The van der Waals surface area contributed by atoms with E-state index in [2.05, 4.69) is 43.0 Å². The number of nitrogens with zero attached hydrogens (tertiary/aromatic N) is 1. The third-order valence-corrected chi connectivity index (χ3v) is 3.85. The molecule has 1 aromatic rings. The Hall–Kier alpha value is -0.900. The van der Waals surface area contributed by atoms with Gasteiger partial charge in [-0.2, -0.15) is 0 Å². The lowest BCUT2D eigenvalue weighted by atomic mass is 10.1. The lowest BCUT2D eigenvalue weighted by molar-refractivity contribution is 0.0936. The van der Waals surface area contributed by atoms with Crippen molar-refractivity contribution in [3.8, 4) is 0 Å². The molecule has 0 amide bonds. The standard InChI is InChI=1S/C15H24N2O/c1-11(2)17(8-9-18-3)15-10-14(16)12-6-4-5-7-13(12)15/h4-7,11,14-15H,8-10,16H2,1-3H3. The maximum Gasteiger partial charge on any atom is 0.0590 e. The van der Waals surface area contributed by atoms with Gasteiger partial charge in [-0.15, -0.1) is 0 Å². The van der Waals surface area contributed by atoms with E-state index >= 15 is 0 Å². The summed E-state index contributed by atoms with van der Waals surface area (Å²) in [6.45, 7) is 6.20. The zero-order valence-electron chi connectivity index (χ0n) is 11.6. The van der Waals surface area contributed by atoms with Gasteiger partial charge >= 0.3 is 0 Å². The average molecular weight is 248 g/mol. The molecule has 0 radical (unpaired) electrons. The molecule has 0 aromatic heterocycles. The van der Waals surface area contributed by atoms with Crippen molar-refractivity contribution in [3.63, 3.8) is 0 Å². The highest BCUT2D eigenvalue weighted by molar-refractivity contribution is 5.37. The molecule has 2 N–H and O–H groups in total. The van der Waals surface area contributed by atoms with Crippen molar-refractivity contribution in [2.24, 2.45) is 5.73 Å². The van der Waals surface area contributed by atoms with Crippen LogP contribution in [-0.2, 0) is 4.74 Å². The summed E-state index contributed by atoms with van der Waals surface area (Å²) < 4.78 is 5.22. The van der Waals surface area contributed by atoms with E-state index in [0.717, 1.165) is 19.6 Å². The van der Waals surface area contributed by atoms with Gasteiger partial charge in [0.25, 0.3) is 0 Å². The second-order valence-corrected chi connectivity index (χ2v) is 5.31. The second kappa shape index (κ2) is 5.83. The summed E-state index contributed by atoms with van der Waals surface area (Å²) in [4.78, 5) is 2.50. The molecule has 0 saturated heterocycles. The molecule has 2 unspecified atom stereocenters. The van der Waals surface area contributed by atoms with Crippen molar-refractivity contribution >= 4 is 0 Å². The molecule has 0 heterocycles. The van der Waals surface area contributed by atoms with Crippen molar-refractivity contribution in [2.45, 2.75) is 38.4 Å². The van der Waals surface area contributed by atoms with E-state index in [0.29, 0.717) is 12.1 Å². The normalized spacial score (nSPS) is 22.8. The fourth-order valence-electron chi connectivity index (χ4n) is 2.93. The number of rotatable bonds is 5. The van der Waals surface area contributed by atoms with Crippen molar-refractivity contribution in [2.75, 3.05) is 20.3 Å². The molecule has 2 rings (SSSR count). The van der Waals surface area contributed by atoms with Crippen LogP contribution in [0.25, 0.3) is 0 Å². The molecule has 3 nitrogen and oxygen atoms in total. The third-order valence-electron chi connectivity index (χ3n) is 3.85. The minimum Gasteiger partial charge on any atom is -0.383 e. The van der Waals surface area contributed by atoms with E-state index in [1.165, 1.54) is 11.1 Å². The van der Waals surface area contributed by atoms with Gasteiger partial charge in [0.2, 0.25) is 0 Å². The Balaban J connectivity index is 2.22. The van der Waals surface area contributed by atoms with Gasteiger partial charge in [-0.25, -0.2) is 0 Å². The van der Waals surface area contributed by atoms with Crippen LogP contribution < -0.4 is 5.73 Å². The van der Waals surface area contributed by atoms with Crippen LogP contribution in [0.4, 0.5) is 0 Å². The molecule has 0 spiro atoms. The number of nitrogens with two attached hydrogens (primary N) is 1. The molecule has 18 heavy (non-hydrogen) atoms. The first-order chi connectivity index (χ1) is 8.65. The zero-order chi connectivity index (χ0) is 13.1. The molecule has 1 aliphatic carbocycles. The topological polar surface area (TPSA) is 38.5 Å². The van der Waals surface area contributed by atoms with Gasteiger partial charge in [-0.1, -0.05) is 24.3 Å². The number of hydrogen-bond donors (Lipinski definition) is 1. The molecule has 0 aliphatic heterocycles. The van der Waals surface area contributed by atoms with Gasteiger partial charge in [0.1, 0.15) is 0 Å². The first kappa shape index (κ1) is 13.5. The number of fused-ring (bicyclic) bond motifs is 1. The van der Waals surface area contributed by atoms with E-state index in [-0.39, 0.29) is 6.04 Å². The van der Waals surface area contributed by atoms with Crippen LogP contribution in [0.15, 0.2) is 24.3 Å². The van der Waals surface area contributed by atoms with E-state index in [1.54, 1.807) is 7.11 Å². The molecule has 0 saturated carbocycles. The molecule has 2 atom stereocenters. The first-order valence-electron chi connectivity index (χ1n) is 6.74. The summed E-state index contributed by atoms with van der Waals surface area (Å²) >= 11 is 0. The zero-order valence-corrected chi connectivity index (χ0v) is 11.6. The molecule has 1 aliphatic rings. The third kappa shape index (κ3) is 2.58. The lowest BCUT2D eigenvalue weighted by Crippen LogP contribution is -2.36. The van der Waals surface area contributed by atoms with Crippen molar-refractivity contribution in [1.29, 1.82) is 0 Å². The predicted molar refractivity (Wildman–Crippen MR) is 74.4 cm³/mol. The van der Waals surface area contributed by atoms with Crippen LogP contribution in [0.3, 0.4) is 0 Å². The highest BCUT2D eigenvalue weighted by Crippen LogP contribution is 2.41. The van der Waals surface area contributed by atoms with Crippen molar-refractivity contribution < 1.29 is 4.74 Å². The Morgan fingerprint density at radius 3 is 2.61 bits per heavy atom. The number of benzene rings is 1. The maximum absolute atomic E-state index is 6.25. The van der Waals surface area contributed by atoms with Crippen LogP contribution in [-0.4, -0.2) is 31.2 Å². The fraction of sp³-hybridized carbons (Fsp3) is 0.600. The molecule has 0 bridgehead atoms. The highest BCUT2D eigenvalue weighted by Gasteiger charge is 2.33. The minimum atomic E-state index is 0.176. The molecule has 1 aromatic carbocycles. The van der Waals surface area contributed by atoms with Gasteiger partial charge in [0.05, 0.1) is 6.61 Å². The lowest BCUT2D eigenvalue weighted by Gasteiger charge is -2.33. The van der Waals surface area contributed by atoms with Crippen LogP contribution in [0.2, 0.25) is 0 Å². The Morgan fingerprint density at radius 1 is 1.33 bits per heavy atom. The predicted octanol–water partition coefficient (Wildman–Crippen LogP) is 2.49. The van der Waals surface area contributed by atoms with Crippen LogP contribution in [0.1, 0.15) is 43.5 Å². The smallest absolute Gasteiger partial charge is 0.0590 e. The largest absolute Gasteiger partial charge is 0.383 e. The molecule has 3 heteroatoms. The molecule has 0 fully saturated rings. The van der Waals surface area contributed by atoms with Crippen molar-refractivity contribution in [1.82, 2.24) is 4.90 Å². The Labute approximate surface area is 110 Å². The van der Waals surface area contributed by atoms with E-state index in [1.807, 2.05) is 0 Å². The maximum atomic E-state index is 6.25. The van der Waals surface area contributed by atoms with Crippen LogP contribution in [0, 0.1) is 0 Å². The summed E-state index contributed by atoms with van der Waals surface area (Å²) in [5, 5.41) is 0. The van der Waals surface area contributed by atoms with E-state index in [9.17, 15) is 0 Å². The molecular weight excluding hydrogens is 224 g/mol. The van der Waals surface area contributed by atoms with Crippen LogP contribution >= 0.6 is 0 Å². The average Bonchev–Trinajstić information content (AvgIpc) is 2.68. The van der Waals surface area contributed by atoms with E-state index < -0.39 is 0 Å².